The Morgan fingerprint density at radius 1 is 1.15 bits per heavy atom. The highest BCUT2D eigenvalue weighted by atomic mass is 35.5. The van der Waals surface area contributed by atoms with Gasteiger partial charge in [0.05, 0.1) is 12.2 Å². The summed E-state index contributed by atoms with van der Waals surface area (Å²) in [6.07, 6.45) is 4.13. The summed E-state index contributed by atoms with van der Waals surface area (Å²) in [4.78, 5) is 30.9. The number of amides is 3. The van der Waals surface area contributed by atoms with Crippen molar-refractivity contribution in [1.29, 1.82) is 0 Å². The first kappa shape index (κ1) is 22.6. The zero-order valence-electron chi connectivity index (χ0n) is 18.3. The number of hydrogen-bond acceptors (Lipinski definition) is 4. The summed E-state index contributed by atoms with van der Waals surface area (Å²) < 4.78 is 6.25. The summed E-state index contributed by atoms with van der Waals surface area (Å²) in [7, 11) is 0. The minimum absolute atomic E-state index is 0.0231. The van der Waals surface area contributed by atoms with Gasteiger partial charge in [-0.1, -0.05) is 36.7 Å². The van der Waals surface area contributed by atoms with Gasteiger partial charge in [0.2, 0.25) is 5.91 Å². The molecule has 1 unspecified atom stereocenters. The van der Waals surface area contributed by atoms with E-state index in [1.165, 1.54) is 0 Å². The number of nitrogens with one attached hydrogen (secondary N) is 2. The molecule has 0 bridgehead atoms. The van der Waals surface area contributed by atoms with Crippen molar-refractivity contribution < 1.29 is 14.3 Å². The Balaban J connectivity index is 1.54. The van der Waals surface area contributed by atoms with Gasteiger partial charge in [-0.3, -0.25) is 9.78 Å². The van der Waals surface area contributed by atoms with E-state index in [1.54, 1.807) is 41.6 Å². The fourth-order valence-electron chi connectivity index (χ4n) is 3.71. The second kappa shape index (κ2) is 10.4. The van der Waals surface area contributed by atoms with Crippen LogP contribution in [0.1, 0.15) is 37.0 Å². The Hall–Kier alpha value is -3.58. The smallest absolute Gasteiger partial charge is 0.319 e. The Morgan fingerprint density at radius 2 is 1.94 bits per heavy atom. The number of carbonyl (C=O) groups is 2. The number of nitrogens with zero attached hydrogens (tertiary/aromatic N) is 2. The van der Waals surface area contributed by atoms with Crippen molar-refractivity contribution in [3.63, 3.8) is 0 Å². The Labute approximate surface area is 197 Å². The van der Waals surface area contributed by atoms with Crippen molar-refractivity contribution in [2.75, 3.05) is 16.8 Å². The van der Waals surface area contributed by atoms with Crippen LogP contribution < -0.4 is 20.3 Å². The summed E-state index contributed by atoms with van der Waals surface area (Å²) in [5, 5.41) is 6.22. The van der Waals surface area contributed by atoms with Crippen LogP contribution >= 0.6 is 11.6 Å². The van der Waals surface area contributed by atoms with E-state index in [4.69, 9.17) is 16.3 Å². The van der Waals surface area contributed by atoms with Gasteiger partial charge in [-0.25, -0.2) is 4.79 Å². The molecular formula is C25H25ClN4O3. The number of anilines is 2. The van der Waals surface area contributed by atoms with E-state index in [9.17, 15) is 9.59 Å². The first-order valence-corrected chi connectivity index (χ1v) is 11.2. The maximum absolute atomic E-state index is 12.9. The molecule has 1 aliphatic heterocycles. The van der Waals surface area contributed by atoms with Crippen molar-refractivity contribution in [1.82, 2.24) is 10.3 Å². The lowest BCUT2D eigenvalue weighted by atomic mass is 10.1. The van der Waals surface area contributed by atoms with Gasteiger partial charge >= 0.3 is 6.03 Å². The van der Waals surface area contributed by atoms with Crippen LogP contribution in [0, 0.1) is 0 Å². The van der Waals surface area contributed by atoms with Gasteiger partial charge in [0, 0.05) is 47.7 Å². The quantitative estimate of drug-likeness (QED) is 0.517. The predicted octanol–water partition coefficient (Wildman–Crippen LogP) is 5.32. The highest BCUT2D eigenvalue weighted by molar-refractivity contribution is 6.31. The maximum Gasteiger partial charge on any atom is 0.319 e. The molecule has 0 fully saturated rings. The lowest BCUT2D eigenvalue weighted by Gasteiger charge is -2.35. The number of carbonyl (C=O) groups excluding carboxylic acids is 2. The second-order valence-corrected chi connectivity index (χ2v) is 8.14. The molecule has 2 N–H and O–H groups in total. The first-order valence-electron chi connectivity index (χ1n) is 10.8. The number of pyridine rings is 1. The van der Waals surface area contributed by atoms with E-state index in [0.29, 0.717) is 41.7 Å². The number of fused-ring (bicyclic) bond motifs is 1. The molecule has 0 radical (unpaired) electrons. The SMILES string of the molecule is CCCC(=O)N1CC(c2ccccc2Cl)Oc2cc(NC(=O)NCc3ccncc3)ccc21. The van der Waals surface area contributed by atoms with Crippen LogP contribution in [0.2, 0.25) is 5.02 Å². The molecule has 170 valence electrons. The largest absolute Gasteiger partial charge is 0.482 e. The van der Waals surface area contributed by atoms with Crippen LogP contribution in [0.25, 0.3) is 0 Å². The summed E-state index contributed by atoms with van der Waals surface area (Å²) in [5.41, 5.74) is 3.00. The van der Waals surface area contributed by atoms with Crippen LogP contribution in [0.3, 0.4) is 0 Å². The number of rotatable bonds is 6. The molecule has 33 heavy (non-hydrogen) atoms. The summed E-state index contributed by atoms with van der Waals surface area (Å²) in [5.74, 6) is 0.539. The average Bonchev–Trinajstić information content (AvgIpc) is 2.83. The molecule has 1 atom stereocenters. The molecule has 1 aliphatic rings. The molecule has 2 aromatic carbocycles. The molecule has 4 rings (SSSR count). The summed E-state index contributed by atoms with van der Waals surface area (Å²) in [6.45, 7) is 2.72. The van der Waals surface area contributed by atoms with Gasteiger partial charge in [0.1, 0.15) is 11.9 Å². The standard InChI is InChI=1S/C25H25ClN4O3/c1-2-5-24(31)30-16-23(19-6-3-4-7-20(19)26)33-22-14-18(8-9-21(22)30)29-25(32)28-15-17-10-12-27-13-11-17/h3-4,6-14,23H,2,5,15-16H2,1H3,(H2,28,29,32). The van der Waals surface area contributed by atoms with Crippen LogP contribution in [-0.4, -0.2) is 23.5 Å². The topological polar surface area (TPSA) is 83.6 Å². The molecule has 0 aliphatic carbocycles. The van der Waals surface area contributed by atoms with E-state index < -0.39 is 6.10 Å². The second-order valence-electron chi connectivity index (χ2n) is 7.73. The molecule has 0 saturated heterocycles. The van der Waals surface area contributed by atoms with Crippen molar-refractivity contribution in [2.45, 2.75) is 32.4 Å². The minimum atomic E-state index is -0.414. The predicted molar refractivity (Wildman–Crippen MR) is 129 cm³/mol. The molecule has 0 saturated carbocycles. The third-order valence-electron chi connectivity index (χ3n) is 5.35. The Morgan fingerprint density at radius 3 is 2.70 bits per heavy atom. The highest BCUT2D eigenvalue weighted by Crippen LogP contribution is 2.41. The van der Waals surface area contributed by atoms with Crippen molar-refractivity contribution in [3.8, 4) is 5.75 Å². The number of urea groups is 1. The summed E-state index contributed by atoms with van der Waals surface area (Å²) >= 11 is 6.41. The number of halogens is 1. The normalized spacial score (nSPS) is 14.7. The summed E-state index contributed by atoms with van der Waals surface area (Å²) in [6, 6.07) is 16.1. The van der Waals surface area contributed by atoms with E-state index >= 15 is 0 Å². The zero-order valence-corrected chi connectivity index (χ0v) is 19.0. The molecule has 8 heteroatoms. The number of aromatic nitrogens is 1. The zero-order chi connectivity index (χ0) is 23.2. The number of ether oxygens (including phenoxy) is 1. The Bertz CT molecular complexity index is 1140. The van der Waals surface area contributed by atoms with E-state index in [0.717, 1.165) is 17.5 Å². The van der Waals surface area contributed by atoms with E-state index in [1.807, 2.05) is 37.3 Å². The van der Waals surface area contributed by atoms with E-state index in [-0.39, 0.29) is 11.9 Å². The minimum Gasteiger partial charge on any atom is -0.482 e. The molecule has 3 amide bonds. The molecular weight excluding hydrogens is 440 g/mol. The van der Waals surface area contributed by atoms with Crippen molar-refractivity contribution in [3.05, 3.63) is 83.1 Å². The number of benzene rings is 2. The molecule has 1 aromatic heterocycles. The van der Waals surface area contributed by atoms with Crippen LogP contribution in [0.4, 0.5) is 16.2 Å². The van der Waals surface area contributed by atoms with Crippen LogP contribution in [0.15, 0.2) is 67.0 Å². The van der Waals surface area contributed by atoms with Crippen molar-refractivity contribution in [2.24, 2.45) is 0 Å². The van der Waals surface area contributed by atoms with Crippen LogP contribution in [0.5, 0.6) is 5.75 Å². The average molecular weight is 465 g/mol. The molecule has 0 spiro atoms. The van der Waals surface area contributed by atoms with Gasteiger partial charge in [-0.15, -0.1) is 0 Å². The third-order valence-corrected chi connectivity index (χ3v) is 5.69. The van der Waals surface area contributed by atoms with Gasteiger partial charge in [0.25, 0.3) is 0 Å². The fourth-order valence-corrected chi connectivity index (χ4v) is 3.96. The lowest BCUT2D eigenvalue weighted by Crippen LogP contribution is -2.39. The fraction of sp³-hybridized carbons (Fsp3) is 0.240. The molecule has 7 nitrogen and oxygen atoms in total. The first-order chi connectivity index (χ1) is 16.0. The van der Waals surface area contributed by atoms with Gasteiger partial charge in [0.15, 0.2) is 0 Å². The lowest BCUT2D eigenvalue weighted by molar-refractivity contribution is -0.119. The highest BCUT2D eigenvalue weighted by Gasteiger charge is 2.31. The van der Waals surface area contributed by atoms with Crippen LogP contribution in [-0.2, 0) is 11.3 Å². The Kier molecular flexibility index (Phi) is 7.10. The number of hydrogen-bond donors (Lipinski definition) is 2. The van der Waals surface area contributed by atoms with Crippen molar-refractivity contribution >= 4 is 34.9 Å². The van der Waals surface area contributed by atoms with Gasteiger partial charge in [-0.05, 0) is 42.3 Å². The monoisotopic (exact) mass is 464 g/mol. The van der Waals surface area contributed by atoms with Gasteiger partial charge in [-0.2, -0.15) is 0 Å². The van der Waals surface area contributed by atoms with E-state index in [2.05, 4.69) is 15.6 Å². The van der Waals surface area contributed by atoms with Gasteiger partial charge < -0.3 is 20.3 Å². The molecule has 3 aromatic rings. The third kappa shape index (κ3) is 5.43. The molecule has 2 heterocycles. The maximum atomic E-state index is 12.9.